The van der Waals surface area contributed by atoms with Gasteiger partial charge < -0.3 is 9.13 Å². The van der Waals surface area contributed by atoms with Gasteiger partial charge >= 0.3 is 0 Å². The molecule has 3 heteroatoms. The monoisotopic (exact) mass is 604 g/mol. The van der Waals surface area contributed by atoms with Gasteiger partial charge in [-0.2, -0.15) is 0 Å². The van der Waals surface area contributed by atoms with Gasteiger partial charge in [0, 0.05) is 32.9 Å². The third kappa shape index (κ3) is 2.52. The van der Waals surface area contributed by atoms with Crippen molar-refractivity contribution in [3.63, 3.8) is 0 Å². The van der Waals surface area contributed by atoms with E-state index < -0.39 is 0 Å². The molecule has 0 atom stereocenters. The Hall–Kier alpha value is -6.06. The van der Waals surface area contributed by atoms with Crippen molar-refractivity contribution in [2.24, 2.45) is 0 Å². The standard InChI is InChI=1S/C45H25BN2/c1-24-20-37-43-38(21-24)48-36-19-9-17-31-29-14-5-4-13-28(29)30-16-8-11-26-23-34(45(48)42(39(26)30)41(31)36)46(43)33-22-25-10-2-3-12-27(25)40-32-15-6-7-18-35(32)47(37)44(33)40/h2-23H,1H3. The molecule has 13 rings (SSSR count). The van der Waals surface area contributed by atoms with E-state index in [1.165, 1.54) is 121 Å². The molecule has 0 saturated carbocycles. The number of benzene rings is 8. The van der Waals surface area contributed by atoms with Crippen molar-refractivity contribution in [3.05, 3.63) is 139 Å². The minimum Gasteiger partial charge on any atom is -0.310 e. The first kappa shape index (κ1) is 24.2. The molecule has 0 amide bonds. The fraction of sp³-hybridized carbons (Fsp3) is 0.0222. The topological polar surface area (TPSA) is 9.86 Å². The second-order valence-corrected chi connectivity index (χ2v) is 14.1. The number of para-hydroxylation sites is 1. The van der Waals surface area contributed by atoms with E-state index >= 15 is 0 Å². The molecule has 48 heavy (non-hydrogen) atoms. The van der Waals surface area contributed by atoms with Gasteiger partial charge in [0.25, 0.3) is 6.71 Å². The predicted octanol–water partition coefficient (Wildman–Crippen LogP) is 9.29. The Bertz CT molecular complexity index is 3190. The Labute approximate surface area is 276 Å². The molecule has 0 radical (unpaired) electrons. The van der Waals surface area contributed by atoms with Crippen LogP contribution in [0, 0.1) is 6.92 Å². The molecule has 2 aromatic heterocycles. The maximum Gasteiger partial charge on any atom is 0.252 e. The fourth-order valence-corrected chi connectivity index (χ4v) is 10.2. The molecular formula is C45H25BN2. The zero-order chi connectivity index (χ0) is 31.0. The van der Waals surface area contributed by atoms with Gasteiger partial charge in [0.2, 0.25) is 0 Å². The fourth-order valence-electron chi connectivity index (χ4n) is 10.2. The van der Waals surface area contributed by atoms with E-state index in [1.54, 1.807) is 0 Å². The second-order valence-electron chi connectivity index (χ2n) is 14.1. The summed E-state index contributed by atoms with van der Waals surface area (Å²) in [5.74, 6) is 0. The minimum absolute atomic E-state index is 0.110. The average molecular weight is 605 g/mol. The Kier molecular flexibility index (Phi) is 3.98. The van der Waals surface area contributed by atoms with E-state index in [4.69, 9.17) is 0 Å². The molecule has 2 aliphatic heterocycles. The first-order valence-corrected chi connectivity index (χ1v) is 17.0. The average Bonchev–Trinajstić information content (AvgIpc) is 3.62. The maximum absolute atomic E-state index is 2.63. The Morgan fingerprint density at radius 1 is 0.438 bits per heavy atom. The van der Waals surface area contributed by atoms with Crippen molar-refractivity contribution >= 4 is 88.3 Å². The zero-order valence-electron chi connectivity index (χ0n) is 26.2. The van der Waals surface area contributed by atoms with Crippen molar-refractivity contribution in [1.82, 2.24) is 9.13 Å². The lowest BCUT2D eigenvalue weighted by Crippen LogP contribution is -2.59. The van der Waals surface area contributed by atoms with Crippen LogP contribution in [0.4, 0.5) is 0 Å². The molecular weight excluding hydrogens is 579 g/mol. The van der Waals surface area contributed by atoms with E-state index in [1.807, 2.05) is 0 Å². The molecule has 10 aromatic rings. The van der Waals surface area contributed by atoms with E-state index in [-0.39, 0.29) is 6.71 Å². The van der Waals surface area contributed by atoms with Gasteiger partial charge in [-0.15, -0.1) is 0 Å². The molecule has 0 fully saturated rings. The summed E-state index contributed by atoms with van der Waals surface area (Å²) < 4.78 is 5.22. The van der Waals surface area contributed by atoms with Gasteiger partial charge in [0.05, 0.1) is 22.1 Å². The van der Waals surface area contributed by atoms with Crippen LogP contribution in [0.3, 0.4) is 0 Å². The second kappa shape index (κ2) is 7.90. The Balaban J connectivity index is 1.33. The van der Waals surface area contributed by atoms with E-state index in [2.05, 4.69) is 150 Å². The van der Waals surface area contributed by atoms with Gasteiger partial charge in [-0.05, 0) is 96.9 Å². The SMILES string of the molecule is Cc1cc2c3c(c1)-n1c4cccc5c4c4c6c(cccc6cc(c41)B3c1cc3ccccc3c3c4ccccc4n-2c13)-c1ccccc1-5. The molecule has 3 aliphatic rings. The van der Waals surface area contributed by atoms with Crippen molar-refractivity contribution in [3.8, 4) is 33.6 Å². The Morgan fingerprint density at radius 2 is 1.00 bits per heavy atom. The highest BCUT2D eigenvalue weighted by atomic mass is 15.0. The third-order valence-electron chi connectivity index (χ3n) is 11.8. The minimum atomic E-state index is 0.110. The molecule has 218 valence electrons. The number of hydrogen-bond acceptors (Lipinski definition) is 0. The van der Waals surface area contributed by atoms with Gasteiger partial charge in [-0.1, -0.05) is 109 Å². The van der Waals surface area contributed by atoms with Gasteiger partial charge in [0.1, 0.15) is 0 Å². The number of nitrogens with zero attached hydrogens (tertiary/aromatic N) is 2. The summed E-state index contributed by atoms with van der Waals surface area (Å²) in [6, 6.07) is 50.9. The molecule has 0 N–H and O–H groups in total. The van der Waals surface area contributed by atoms with Crippen LogP contribution in [0.5, 0.6) is 0 Å². The summed E-state index contributed by atoms with van der Waals surface area (Å²) in [5.41, 5.74) is 18.7. The van der Waals surface area contributed by atoms with Crippen molar-refractivity contribution < 1.29 is 0 Å². The quantitative estimate of drug-likeness (QED) is 0.153. The van der Waals surface area contributed by atoms with Crippen LogP contribution < -0.4 is 16.4 Å². The summed E-state index contributed by atoms with van der Waals surface area (Å²) in [4.78, 5) is 0. The third-order valence-corrected chi connectivity index (χ3v) is 11.8. The summed E-state index contributed by atoms with van der Waals surface area (Å²) >= 11 is 0. The molecule has 8 aromatic carbocycles. The molecule has 0 spiro atoms. The van der Waals surface area contributed by atoms with Crippen LogP contribution in [-0.4, -0.2) is 15.8 Å². The van der Waals surface area contributed by atoms with Gasteiger partial charge in [0.15, 0.2) is 0 Å². The lowest BCUT2D eigenvalue weighted by molar-refractivity contribution is 1.13. The smallest absolute Gasteiger partial charge is 0.252 e. The summed E-state index contributed by atoms with van der Waals surface area (Å²) in [5, 5.41) is 10.8. The largest absolute Gasteiger partial charge is 0.310 e. The van der Waals surface area contributed by atoms with Crippen LogP contribution in [0.15, 0.2) is 133 Å². The highest BCUT2D eigenvalue weighted by Crippen LogP contribution is 2.50. The van der Waals surface area contributed by atoms with Crippen molar-refractivity contribution in [2.45, 2.75) is 6.92 Å². The highest BCUT2D eigenvalue weighted by molar-refractivity contribution is 7.00. The van der Waals surface area contributed by atoms with E-state index in [9.17, 15) is 0 Å². The van der Waals surface area contributed by atoms with E-state index in [0.29, 0.717) is 0 Å². The predicted molar refractivity (Wildman–Crippen MR) is 204 cm³/mol. The first-order chi connectivity index (χ1) is 23.8. The van der Waals surface area contributed by atoms with Crippen LogP contribution in [0.25, 0.3) is 98.8 Å². The molecule has 2 nitrogen and oxygen atoms in total. The van der Waals surface area contributed by atoms with Crippen LogP contribution in [-0.2, 0) is 0 Å². The number of aromatic nitrogens is 2. The maximum atomic E-state index is 2.63. The molecule has 0 saturated heterocycles. The van der Waals surface area contributed by atoms with Crippen LogP contribution in [0.2, 0.25) is 0 Å². The van der Waals surface area contributed by atoms with Crippen LogP contribution in [0.1, 0.15) is 5.56 Å². The normalized spacial score (nSPS) is 13.5. The summed E-state index contributed by atoms with van der Waals surface area (Å²) in [7, 11) is 0. The van der Waals surface area contributed by atoms with E-state index in [0.717, 1.165) is 0 Å². The summed E-state index contributed by atoms with van der Waals surface area (Å²) in [6.07, 6.45) is 0. The summed E-state index contributed by atoms with van der Waals surface area (Å²) in [6.45, 7) is 2.38. The number of hydrogen-bond donors (Lipinski definition) is 0. The molecule has 1 aliphatic carbocycles. The van der Waals surface area contributed by atoms with Crippen molar-refractivity contribution in [1.29, 1.82) is 0 Å². The lowest BCUT2D eigenvalue weighted by Gasteiger charge is -2.34. The van der Waals surface area contributed by atoms with Crippen molar-refractivity contribution in [2.75, 3.05) is 0 Å². The molecule has 0 bridgehead atoms. The number of aryl methyl sites for hydroxylation is 1. The Morgan fingerprint density at radius 3 is 1.81 bits per heavy atom. The first-order valence-electron chi connectivity index (χ1n) is 17.0. The van der Waals surface area contributed by atoms with Crippen LogP contribution >= 0.6 is 0 Å². The zero-order valence-corrected chi connectivity index (χ0v) is 26.2. The number of rotatable bonds is 0. The molecule has 0 unspecified atom stereocenters. The van der Waals surface area contributed by atoms with Gasteiger partial charge in [-0.3, -0.25) is 0 Å². The lowest BCUT2D eigenvalue weighted by atomic mass is 9.34. The molecule has 4 heterocycles. The highest BCUT2D eigenvalue weighted by Gasteiger charge is 2.42. The van der Waals surface area contributed by atoms with Gasteiger partial charge in [-0.25, -0.2) is 0 Å². The number of fused-ring (bicyclic) bond motifs is 13.